The standard InChI is InChI=1S/C10H13NO4/c1-14-8(12)7-4-6-2-3-11-9(13)15-5-10(6,7)11/h6-7H,2-5H2,1H3/t6-,7+,10-/m1/s1. The highest BCUT2D eigenvalue weighted by Crippen LogP contribution is 2.57. The van der Waals surface area contributed by atoms with Crippen LogP contribution in [-0.2, 0) is 14.3 Å². The molecule has 1 amide bonds. The van der Waals surface area contributed by atoms with Gasteiger partial charge < -0.3 is 9.47 Å². The Morgan fingerprint density at radius 2 is 2.47 bits per heavy atom. The van der Waals surface area contributed by atoms with Gasteiger partial charge in [0.05, 0.1) is 18.6 Å². The molecule has 0 aromatic carbocycles. The van der Waals surface area contributed by atoms with Gasteiger partial charge in [-0.1, -0.05) is 0 Å². The first-order valence-electron chi connectivity index (χ1n) is 5.22. The third-order valence-corrected chi connectivity index (χ3v) is 4.17. The van der Waals surface area contributed by atoms with E-state index < -0.39 is 0 Å². The Morgan fingerprint density at radius 1 is 1.67 bits per heavy atom. The van der Waals surface area contributed by atoms with Crippen LogP contribution in [0.2, 0.25) is 0 Å². The van der Waals surface area contributed by atoms with Crippen LogP contribution in [-0.4, -0.2) is 42.8 Å². The summed E-state index contributed by atoms with van der Waals surface area (Å²) in [5, 5.41) is 0. The van der Waals surface area contributed by atoms with Crippen molar-refractivity contribution in [3.8, 4) is 0 Å². The molecule has 1 spiro atoms. The van der Waals surface area contributed by atoms with Crippen LogP contribution in [0.25, 0.3) is 0 Å². The molecule has 1 saturated carbocycles. The van der Waals surface area contributed by atoms with Gasteiger partial charge in [0, 0.05) is 6.54 Å². The minimum absolute atomic E-state index is 0.179. The molecule has 2 saturated heterocycles. The van der Waals surface area contributed by atoms with Crippen molar-refractivity contribution in [2.45, 2.75) is 18.4 Å². The van der Waals surface area contributed by atoms with Crippen molar-refractivity contribution >= 4 is 12.1 Å². The molecule has 3 aliphatic rings. The fraction of sp³-hybridized carbons (Fsp3) is 0.800. The van der Waals surface area contributed by atoms with E-state index in [1.165, 1.54) is 7.11 Å². The number of esters is 1. The molecule has 0 unspecified atom stereocenters. The van der Waals surface area contributed by atoms with Crippen LogP contribution in [0.4, 0.5) is 4.79 Å². The summed E-state index contributed by atoms with van der Waals surface area (Å²) in [7, 11) is 1.39. The SMILES string of the molecule is COC(=O)[C@@H]1C[C@H]2CCN3C(=O)OC[C@@]213. The highest BCUT2D eigenvalue weighted by atomic mass is 16.6. The Bertz CT molecular complexity index is 342. The largest absolute Gasteiger partial charge is 0.469 e. The normalized spacial score (nSPS) is 41.7. The average Bonchev–Trinajstić information content (AvgIpc) is 2.68. The summed E-state index contributed by atoms with van der Waals surface area (Å²) in [6.07, 6.45) is 1.55. The van der Waals surface area contributed by atoms with E-state index in [-0.39, 0.29) is 23.5 Å². The second kappa shape index (κ2) is 2.65. The fourth-order valence-corrected chi connectivity index (χ4v) is 3.34. The number of ether oxygens (including phenoxy) is 2. The van der Waals surface area contributed by atoms with Gasteiger partial charge in [0.1, 0.15) is 6.61 Å². The summed E-state index contributed by atoms with van der Waals surface area (Å²) in [4.78, 5) is 24.7. The van der Waals surface area contributed by atoms with Crippen molar-refractivity contribution < 1.29 is 19.1 Å². The third-order valence-electron chi connectivity index (χ3n) is 4.17. The maximum atomic E-state index is 11.6. The Hall–Kier alpha value is -1.26. The first-order chi connectivity index (χ1) is 7.20. The lowest BCUT2D eigenvalue weighted by atomic mass is 9.59. The zero-order valence-corrected chi connectivity index (χ0v) is 8.56. The topological polar surface area (TPSA) is 55.8 Å². The van der Waals surface area contributed by atoms with Crippen molar-refractivity contribution in [2.24, 2.45) is 11.8 Å². The molecule has 3 fully saturated rings. The lowest BCUT2D eigenvalue weighted by Crippen LogP contribution is -2.63. The van der Waals surface area contributed by atoms with Gasteiger partial charge in [0.25, 0.3) is 0 Å². The number of carbonyl (C=O) groups is 2. The minimum atomic E-state index is -0.357. The van der Waals surface area contributed by atoms with E-state index in [2.05, 4.69) is 0 Å². The Balaban J connectivity index is 1.93. The Morgan fingerprint density at radius 3 is 3.20 bits per heavy atom. The van der Waals surface area contributed by atoms with Crippen LogP contribution in [0.1, 0.15) is 12.8 Å². The highest BCUT2D eigenvalue weighted by Gasteiger charge is 2.69. The number of rotatable bonds is 1. The van der Waals surface area contributed by atoms with Crippen molar-refractivity contribution in [2.75, 3.05) is 20.3 Å². The number of cyclic esters (lactones) is 1. The number of methoxy groups -OCH3 is 1. The van der Waals surface area contributed by atoms with Gasteiger partial charge in [-0.25, -0.2) is 4.79 Å². The maximum Gasteiger partial charge on any atom is 0.410 e. The molecule has 2 heterocycles. The second-order valence-electron chi connectivity index (χ2n) is 4.49. The average molecular weight is 211 g/mol. The molecule has 15 heavy (non-hydrogen) atoms. The molecule has 0 radical (unpaired) electrons. The molecule has 3 rings (SSSR count). The van der Waals surface area contributed by atoms with Crippen molar-refractivity contribution in [1.29, 1.82) is 0 Å². The predicted octanol–water partition coefficient (Wildman–Crippen LogP) is 0.390. The van der Waals surface area contributed by atoms with Crippen LogP contribution in [0.5, 0.6) is 0 Å². The van der Waals surface area contributed by atoms with Crippen molar-refractivity contribution in [1.82, 2.24) is 4.90 Å². The van der Waals surface area contributed by atoms with Crippen molar-refractivity contribution in [3.63, 3.8) is 0 Å². The summed E-state index contributed by atoms with van der Waals surface area (Å²) in [5.41, 5.74) is -0.357. The molecule has 5 heteroatoms. The zero-order chi connectivity index (χ0) is 10.6. The molecule has 0 aromatic rings. The van der Waals surface area contributed by atoms with E-state index in [1.807, 2.05) is 0 Å². The van der Waals surface area contributed by atoms with Crippen LogP contribution in [0.15, 0.2) is 0 Å². The highest BCUT2D eigenvalue weighted by molar-refractivity contribution is 5.80. The first kappa shape index (κ1) is 9.00. The molecule has 82 valence electrons. The van der Waals surface area contributed by atoms with Crippen LogP contribution in [0.3, 0.4) is 0 Å². The van der Waals surface area contributed by atoms with Crippen molar-refractivity contribution in [3.05, 3.63) is 0 Å². The monoisotopic (exact) mass is 211 g/mol. The number of hydrogen-bond acceptors (Lipinski definition) is 4. The number of hydrogen-bond donors (Lipinski definition) is 0. The number of carbonyl (C=O) groups excluding carboxylic acids is 2. The molecule has 1 aliphatic carbocycles. The van der Waals surface area contributed by atoms with E-state index in [1.54, 1.807) is 4.90 Å². The van der Waals surface area contributed by atoms with Gasteiger partial charge in [-0.2, -0.15) is 0 Å². The summed E-state index contributed by atoms with van der Waals surface area (Å²) in [6.45, 7) is 1.08. The summed E-state index contributed by atoms with van der Waals surface area (Å²) in [6, 6.07) is 0. The summed E-state index contributed by atoms with van der Waals surface area (Å²) < 4.78 is 9.82. The Labute approximate surface area is 87.3 Å². The summed E-state index contributed by atoms with van der Waals surface area (Å²) in [5.74, 6) is 0.0333. The predicted molar refractivity (Wildman–Crippen MR) is 49.0 cm³/mol. The maximum absolute atomic E-state index is 11.6. The molecular formula is C10H13NO4. The van der Waals surface area contributed by atoms with Gasteiger partial charge in [0.2, 0.25) is 0 Å². The number of amides is 1. The van der Waals surface area contributed by atoms with Crippen LogP contribution < -0.4 is 0 Å². The molecule has 2 aliphatic heterocycles. The second-order valence-corrected chi connectivity index (χ2v) is 4.49. The van der Waals surface area contributed by atoms with E-state index >= 15 is 0 Å². The number of nitrogens with zero attached hydrogens (tertiary/aromatic N) is 1. The molecule has 0 bridgehead atoms. The smallest absolute Gasteiger partial charge is 0.410 e. The molecule has 5 nitrogen and oxygen atoms in total. The van der Waals surface area contributed by atoms with Gasteiger partial charge in [-0.05, 0) is 18.8 Å². The van der Waals surface area contributed by atoms with E-state index in [4.69, 9.17) is 9.47 Å². The van der Waals surface area contributed by atoms with Gasteiger partial charge in [-0.15, -0.1) is 0 Å². The third kappa shape index (κ3) is 0.843. The van der Waals surface area contributed by atoms with E-state index in [9.17, 15) is 9.59 Å². The summed E-state index contributed by atoms with van der Waals surface area (Å²) >= 11 is 0. The minimum Gasteiger partial charge on any atom is -0.469 e. The lowest BCUT2D eigenvalue weighted by molar-refractivity contribution is -0.160. The van der Waals surface area contributed by atoms with Crippen LogP contribution in [0, 0.1) is 11.8 Å². The van der Waals surface area contributed by atoms with Crippen LogP contribution >= 0.6 is 0 Å². The van der Waals surface area contributed by atoms with Gasteiger partial charge >= 0.3 is 12.1 Å². The molecular weight excluding hydrogens is 198 g/mol. The quantitative estimate of drug-likeness (QED) is 0.589. The van der Waals surface area contributed by atoms with E-state index in [0.717, 1.165) is 19.4 Å². The lowest BCUT2D eigenvalue weighted by Gasteiger charge is -2.49. The molecule has 0 aromatic heterocycles. The van der Waals surface area contributed by atoms with Gasteiger partial charge in [-0.3, -0.25) is 9.69 Å². The Kier molecular flexibility index (Phi) is 1.59. The molecule has 0 N–H and O–H groups in total. The molecule has 3 atom stereocenters. The van der Waals surface area contributed by atoms with E-state index in [0.29, 0.717) is 12.5 Å². The van der Waals surface area contributed by atoms with Gasteiger partial charge in [0.15, 0.2) is 0 Å². The first-order valence-corrected chi connectivity index (χ1v) is 5.22. The zero-order valence-electron chi connectivity index (χ0n) is 8.56. The fourth-order valence-electron chi connectivity index (χ4n) is 3.34.